The number of hydrogen-bond donors (Lipinski definition) is 2. The highest BCUT2D eigenvalue weighted by Crippen LogP contribution is 2.24. The van der Waals surface area contributed by atoms with Crippen molar-refractivity contribution in [2.45, 2.75) is 0 Å². The van der Waals surface area contributed by atoms with E-state index in [1.165, 1.54) is 14.2 Å². The summed E-state index contributed by atoms with van der Waals surface area (Å²) < 4.78 is 35.2. The molecule has 10 heteroatoms. The third kappa shape index (κ3) is 6.47. The smallest absolute Gasteiger partial charge is 0.239 e. The molecular weight excluding hydrogens is 398 g/mol. The zero-order chi connectivity index (χ0) is 21.4. The van der Waals surface area contributed by atoms with Crippen LogP contribution in [0.4, 0.5) is 11.4 Å². The van der Waals surface area contributed by atoms with Crippen LogP contribution in [0.15, 0.2) is 48.5 Å². The van der Waals surface area contributed by atoms with Crippen LogP contribution in [-0.2, 0) is 19.6 Å². The monoisotopic (exact) mass is 421 g/mol. The summed E-state index contributed by atoms with van der Waals surface area (Å²) in [6, 6.07) is 13.4. The molecule has 156 valence electrons. The summed E-state index contributed by atoms with van der Waals surface area (Å²) in [6.45, 7) is -1.06. The zero-order valence-electron chi connectivity index (χ0n) is 16.3. The summed E-state index contributed by atoms with van der Waals surface area (Å²) in [7, 11) is -0.913. The van der Waals surface area contributed by atoms with Gasteiger partial charge in [-0.2, -0.15) is 4.31 Å². The van der Waals surface area contributed by atoms with Crippen molar-refractivity contribution in [1.82, 2.24) is 4.31 Å². The van der Waals surface area contributed by atoms with E-state index in [4.69, 9.17) is 9.47 Å². The normalized spacial score (nSPS) is 11.0. The van der Waals surface area contributed by atoms with Crippen molar-refractivity contribution < 1.29 is 27.5 Å². The van der Waals surface area contributed by atoms with Crippen LogP contribution in [0.1, 0.15) is 0 Å². The molecule has 2 amide bonds. The summed E-state index contributed by atoms with van der Waals surface area (Å²) in [5.74, 6) is -0.351. The molecule has 0 saturated carbocycles. The standard InChI is InChI=1S/C19H23N3O6S/c1-27-16-10-6-4-8-14(16)20-18(23)12-22(29(3,25)26)13-19(24)21-15-9-5-7-11-17(15)28-2/h4-11H,12-13H2,1-3H3,(H,20,23)(H,21,24). The second-order valence-electron chi connectivity index (χ2n) is 6.03. The Hall–Kier alpha value is -3.11. The molecule has 2 rings (SSSR count). The fourth-order valence-electron chi connectivity index (χ4n) is 2.49. The molecule has 0 saturated heterocycles. The SMILES string of the molecule is COc1ccccc1NC(=O)CN(CC(=O)Nc1ccccc1OC)S(C)(=O)=O. The van der Waals surface area contributed by atoms with Crippen molar-refractivity contribution >= 4 is 33.2 Å². The van der Waals surface area contributed by atoms with E-state index >= 15 is 0 Å². The molecule has 0 unspecified atom stereocenters. The number of methoxy groups -OCH3 is 2. The fraction of sp³-hybridized carbons (Fsp3) is 0.263. The van der Waals surface area contributed by atoms with Crippen molar-refractivity contribution in [3.8, 4) is 11.5 Å². The van der Waals surface area contributed by atoms with Crippen LogP contribution in [0.25, 0.3) is 0 Å². The van der Waals surface area contributed by atoms with Crippen molar-refractivity contribution in [3.63, 3.8) is 0 Å². The number of hydrogen-bond acceptors (Lipinski definition) is 6. The number of benzene rings is 2. The van der Waals surface area contributed by atoms with Gasteiger partial charge in [-0.25, -0.2) is 8.42 Å². The van der Waals surface area contributed by atoms with Crippen LogP contribution < -0.4 is 20.1 Å². The number of para-hydroxylation sites is 4. The predicted molar refractivity (Wildman–Crippen MR) is 110 cm³/mol. The average Bonchev–Trinajstić information content (AvgIpc) is 2.67. The number of carbonyl (C=O) groups is 2. The molecule has 0 aliphatic carbocycles. The van der Waals surface area contributed by atoms with Gasteiger partial charge >= 0.3 is 0 Å². The lowest BCUT2D eigenvalue weighted by molar-refractivity contribution is -0.118. The van der Waals surface area contributed by atoms with Gasteiger partial charge in [0.2, 0.25) is 21.8 Å². The number of carbonyl (C=O) groups excluding carboxylic acids is 2. The molecule has 0 heterocycles. The summed E-state index contributed by atoms with van der Waals surface area (Å²) in [6.07, 6.45) is 0.930. The van der Waals surface area contributed by atoms with E-state index in [2.05, 4.69) is 10.6 Å². The van der Waals surface area contributed by atoms with Crippen molar-refractivity contribution in [2.24, 2.45) is 0 Å². The number of nitrogens with one attached hydrogen (secondary N) is 2. The maximum Gasteiger partial charge on any atom is 0.239 e. The molecular formula is C19H23N3O6S. The molecule has 9 nitrogen and oxygen atoms in total. The van der Waals surface area contributed by atoms with Gasteiger partial charge in [0.25, 0.3) is 0 Å². The lowest BCUT2D eigenvalue weighted by Crippen LogP contribution is -2.42. The van der Waals surface area contributed by atoms with Gasteiger partial charge in [0.05, 0.1) is 44.9 Å². The third-order valence-electron chi connectivity index (χ3n) is 3.87. The molecule has 0 aliphatic rings. The molecule has 0 aromatic heterocycles. The topological polar surface area (TPSA) is 114 Å². The molecule has 0 aliphatic heterocycles. The first-order chi connectivity index (χ1) is 13.7. The minimum Gasteiger partial charge on any atom is -0.495 e. The van der Waals surface area contributed by atoms with Crippen molar-refractivity contribution in [3.05, 3.63) is 48.5 Å². The Morgan fingerprint density at radius 1 is 0.828 bits per heavy atom. The molecule has 0 fully saturated rings. The molecule has 0 atom stereocenters. The first-order valence-electron chi connectivity index (χ1n) is 8.55. The second-order valence-corrected chi connectivity index (χ2v) is 8.01. The number of nitrogens with zero attached hydrogens (tertiary/aromatic N) is 1. The number of ether oxygens (including phenoxy) is 2. The lowest BCUT2D eigenvalue weighted by Gasteiger charge is -2.20. The van der Waals surface area contributed by atoms with Crippen LogP contribution in [0, 0.1) is 0 Å². The van der Waals surface area contributed by atoms with E-state index < -0.39 is 34.9 Å². The first kappa shape index (κ1) is 22.2. The molecule has 2 N–H and O–H groups in total. The van der Waals surface area contributed by atoms with E-state index in [1.54, 1.807) is 48.5 Å². The minimum absolute atomic E-state index is 0.395. The van der Waals surface area contributed by atoms with Gasteiger partial charge in [-0.05, 0) is 24.3 Å². The van der Waals surface area contributed by atoms with Crippen LogP contribution in [-0.4, -0.2) is 58.1 Å². The Morgan fingerprint density at radius 3 is 1.55 bits per heavy atom. The fourth-order valence-corrected chi connectivity index (χ4v) is 3.19. The molecule has 0 radical (unpaired) electrons. The highest BCUT2D eigenvalue weighted by Gasteiger charge is 2.24. The molecule has 0 spiro atoms. The van der Waals surface area contributed by atoms with E-state index in [0.717, 1.165) is 10.6 Å². The van der Waals surface area contributed by atoms with Gasteiger partial charge in [-0.15, -0.1) is 0 Å². The maximum absolute atomic E-state index is 12.4. The van der Waals surface area contributed by atoms with E-state index in [-0.39, 0.29) is 0 Å². The van der Waals surface area contributed by atoms with E-state index in [9.17, 15) is 18.0 Å². The van der Waals surface area contributed by atoms with Gasteiger partial charge < -0.3 is 20.1 Å². The Kier molecular flexibility index (Phi) is 7.57. The summed E-state index contributed by atoms with van der Waals surface area (Å²) in [4.78, 5) is 24.7. The van der Waals surface area contributed by atoms with Crippen LogP contribution >= 0.6 is 0 Å². The van der Waals surface area contributed by atoms with Gasteiger partial charge in [0.1, 0.15) is 11.5 Å². The number of anilines is 2. The van der Waals surface area contributed by atoms with Gasteiger partial charge in [-0.3, -0.25) is 9.59 Å². The number of rotatable bonds is 9. The maximum atomic E-state index is 12.4. The Morgan fingerprint density at radius 2 is 1.21 bits per heavy atom. The predicted octanol–water partition coefficient (Wildman–Crippen LogP) is 1.54. The van der Waals surface area contributed by atoms with Crippen LogP contribution in [0.5, 0.6) is 11.5 Å². The summed E-state index contributed by atoms with van der Waals surface area (Å²) in [5.41, 5.74) is 0.791. The lowest BCUT2D eigenvalue weighted by atomic mass is 10.3. The zero-order valence-corrected chi connectivity index (χ0v) is 17.2. The Balaban J connectivity index is 2.07. The van der Waals surface area contributed by atoms with E-state index in [0.29, 0.717) is 22.9 Å². The molecule has 2 aromatic carbocycles. The Labute approximate surface area is 169 Å². The highest BCUT2D eigenvalue weighted by atomic mass is 32.2. The largest absolute Gasteiger partial charge is 0.495 e. The van der Waals surface area contributed by atoms with Crippen LogP contribution in [0.2, 0.25) is 0 Å². The van der Waals surface area contributed by atoms with Crippen LogP contribution in [0.3, 0.4) is 0 Å². The second kappa shape index (κ2) is 9.89. The summed E-state index contributed by atoms with van der Waals surface area (Å²) in [5, 5.41) is 5.17. The van der Waals surface area contributed by atoms with Crippen molar-refractivity contribution in [1.29, 1.82) is 0 Å². The number of amides is 2. The van der Waals surface area contributed by atoms with Crippen molar-refractivity contribution in [2.75, 3.05) is 44.2 Å². The third-order valence-corrected chi connectivity index (χ3v) is 5.07. The summed E-state index contributed by atoms with van der Waals surface area (Å²) >= 11 is 0. The average molecular weight is 421 g/mol. The Bertz CT molecular complexity index is 914. The molecule has 29 heavy (non-hydrogen) atoms. The van der Waals surface area contributed by atoms with Gasteiger partial charge in [-0.1, -0.05) is 24.3 Å². The molecule has 0 bridgehead atoms. The highest BCUT2D eigenvalue weighted by molar-refractivity contribution is 7.88. The first-order valence-corrected chi connectivity index (χ1v) is 10.4. The van der Waals surface area contributed by atoms with E-state index in [1.807, 2.05) is 0 Å². The van der Waals surface area contributed by atoms with Gasteiger partial charge in [0.15, 0.2) is 0 Å². The molecule has 2 aromatic rings. The quantitative estimate of drug-likeness (QED) is 0.635. The number of sulfonamides is 1. The van der Waals surface area contributed by atoms with Gasteiger partial charge in [0, 0.05) is 0 Å². The minimum atomic E-state index is -3.82.